The first kappa shape index (κ1) is 10.6. The van der Waals surface area contributed by atoms with Gasteiger partial charge >= 0.3 is 0 Å². The first-order valence-electron chi connectivity index (χ1n) is 5.63. The monoisotopic (exact) mass is 238 g/mol. The smallest absolute Gasteiger partial charge is 0.151 e. The number of hydrogen-bond donors (Lipinski definition) is 1. The van der Waals surface area contributed by atoms with E-state index in [4.69, 9.17) is 10.00 Å². The Morgan fingerprint density at radius 3 is 3.06 bits per heavy atom. The molecule has 0 aliphatic carbocycles. The summed E-state index contributed by atoms with van der Waals surface area (Å²) >= 11 is 0. The van der Waals surface area contributed by atoms with Crippen molar-refractivity contribution >= 4 is 0 Å². The summed E-state index contributed by atoms with van der Waals surface area (Å²) in [6, 6.07) is 9.37. The molecule has 0 saturated heterocycles. The van der Waals surface area contributed by atoms with Crippen LogP contribution in [0.4, 0.5) is 0 Å². The number of pyridine rings is 1. The molecule has 3 rings (SSSR count). The fourth-order valence-electron chi connectivity index (χ4n) is 2.04. The number of fused-ring (bicyclic) bond motifs is 1. The first-order valence-corrected chi connectivity index (χ1v) is 5.63. The van der Waals surface area contributed by atoms with E-state index in [1.54, 1.807) is 6.07 Å². The van der Waals surface area contributed by atoms with Gasteiger partial charge in [-0.3, -0.25) is 4.98 Å². The molecule has 0 radical (unpaired) electrons. The predicted molar refractivity (Wildman–Crippen MR) is 65.3 cm³/mol. The van der Waals surface area contributed by atoms with Crippen molar-refractivity contribution in [2.45, 2.75) is 6.42 Å². The van der Waals surface area contributed by atoms with Gasteiger partial charge in [-0.05, 0) is 29.8 Å². The maximum absolute atomic E-state index is 9.43. The lowest BCUT2D eigenvalue weighted by atomic mass is 10.0. The van der Waals surface area contributed by atoms with Gasteiger partial charge in [-0.2, -0.15) is 5.26 Å². The van der Waals surface area contributed by atoms with Gasteiger partial charge in [0.2, 0.25) is 0 Å². The Bertz CT molecular complexity index is 659. The summed E-state index contributed by atoms with van der Waals surface area (Å²) in [7, 11) is 0. The third kappa shape index (κ3) is 1.66. The van der Waals surface area contributed by atoms with Crippen molar-refractivity contribution in [3.63, 3.8) is 0 Å². The van der Waals surface area contributed by atoms with E-state index in [0.717, 1.165) is 23.3 Å². The van der Waals surface area contributed by atoms with Crippen molar-refractivity contribution < 1.29 is 9.84 Å². The zero-order chi connectivity index (χ0) is 12.5. The second-order valence-electron chi connectivity index (χ2n) is 4.12. The summed E-state index contributed by atoms with van der Waals surface area (Å²) in [6.07, 6.45) is 2.20. The standard InChI is InChI=1S/C14H10N2O2/c15-7-11-6-12(16-8-13(11)17)9-1-2-14-10(5-9)3-4-18-14/h1-2,5-6,8,17H,3-4H2. The second kappa shape index (κ2) is 4.04. The van der Waals surface area contributed by atoms with Crippen molar-refractivity contribution in [2.75, 3.05) is 6.61 Å². The highest BCUT2D eigenvalue weighted by atomic mass is 16.5. The zero-order valence-corrected chi connectivity index (χ0v) is 9.55. The Morgan fingerprint density at radius 2 is 2.22 bits per heavy atom. The molecule has 2 aromatic rings. The predicted octanol–water partition coefficient (Wildman–Crippen LogP) is 2.26. The Morgan fingerprint density at radius 1 is 1.33 bits per heavy atom. The molecule has 1 aliphatic heterocycles. The van der Waals surface area contributed by atoms with E-state index in [0.29, 0.717) is 12.3 Å². The quantitative estimate of drug-likeness (QED) is 0.827. The van der Waals surface area contributed by atoms with Gasteiger partial charge in [-0.1, -0.05) is 0 Å². The molecule has 4 heteroatoms. The lowest BCUT2D eigenvalue weighted by molar-refractivity contribution is 0.357. The molecular weight excluding hydrogens is 228 g/mol. The summed E-state index contributed by atoms with van der Waals surface area (Å²) in [4.78, 5) is 4.14. The lowest BCUT2D eigenvalue weighted by Gasteiger charge is -2.04. The van der Waals surface area contributed by atoms with Gasteiger partial charge in [-0.25, -0.2) is 0 Å². The summed E-state index contributed by atoms with van der Waals surface area (Å²) < 4.78 is 5.44. The number of hydrogen-bond acceptors (Lipinski definition) is 4. The van der Waals surface area contributed by atoms with Gasteiger partial charge in [0.15, 0.2) is 5.75 Å². The Labute approximate surface area is 104 Å². The van der Waals surface area contributed by atoms with Crippen LogP contribution in [0.3, 0.4) is 0 Å². The molecule has 1 aliphatic rings. The average molecular weight is 238 g/mol. The third-order valence-electron chi connectivity index (χ3n) is 2.99. The zero-order valence-electron chi connectivity index (χ0n) is 9.55. The molecular formula is C14H10N2O2. The molecule has 18 heavy (non-hydrogen) atoms. The van der Waals surface area contributed by atoms with E-state index in [9.17, 15) is 5.11 Å². The Hall–Kier alpha value is -2.54. The van der Waals surface area contributed by atoms with Crippen LogP contribution in [0.1, 0.15) is 11.1 Å². The molecule has 0 unspecified atom stereocenters. The van der Waals surface area contributed by atoms with Crippen LogP contribution in [-0.4, -0.2) is 16.7 Å². The fraction of sp³-hybridized carbons (Fsp3) is 0.143. The molecule has 1 aromatic heterocycles. The summed E-state index contributed by atoms with van der Waals surface area (Å²) in [5.74, 6) is 0.823. The molecule has 88 valence electrons. The van der Waals surface area contributed by atoms with Gasteiger partial charge in [0.05, 0.1) is 24.1 Å². The highest BCUT2D eigenvalue weighted by Crippen LogP contribution is 2.30. The van der Waals surface area contributed by atoms with Crippen LogP contribution in [0.2, 0.25) is 0 Å². The molecule has 4 nitrogen and oxygen atoms in total. The van der Waals surface area contributed by atoms with E-state index in [-0.39, 0.29) is 11.3 Å². The molecule has 2 heterocycles. The van der Waals surface area contributed by atoms with Crippen LogP contribution in [-0.2, 0) is 6.42 Å². The van der Waals surface area contributed by atoms with Crippen LogP contribution < -0.4 is 4.74 Å². The highest BCUT2D eigenvalue weighted by Gasteiger charge is 2.13. The van der Waals surface area contributed by atoms with Crippen LogP contribution in [0.25, 0.3) is 11.3 Å². The highest BCUT2D eigenvalue weighted by molar-refractivity contribution is 5.65. The van der Waals surface area contributed by atoms with Crippen molar-refractivity contribution in [3.8, 4) is 28.8 Å². The van der Waals surface area contributed by atoms with Gasteiger partial charge < -0.3 is 9.84 Å². The first-order chi connectivity index (χ1) is 8.78. The number of nitrogens with zero attached hydrogens (tertiary/aromatic N) is 2. The number of aromatic hydroxyl groups is 1. The van der Waals surface area contributed by atoms with Gasteiger partial charge in [-0.15, -0.1) is 0 Å². The maximum Gasteiger partial charge on any atom is 0.151 e. The van der Waals surface area contributed by atoms with Crippen LogP contribution in [0.5, 0.6) is 11.5 Å². The van der Waals surface area contributed by atoms with E-state index < -0.39 is 0 Å². The summed E-state index contributed by atoms with van der Waals surface area (Å²) in [6.45, 7) is 0.714. The van der Waals surface area contributed by atoms with Crippen LogP contribution in [0.15, 0.2) is 30.5 Å². The summed E-state index contributed by atoms with van der Waals surface area (Å²) in [5, 5.41) is 18.3. The van der Waals surface area contributed by atoms with Gasteiger partial charge in [0, 0.05) is 12.0 Å². The minimum atomic E-state index is -0.0919. The van der Waals surface area contributed by atoms with Gasteiger partial charge in [0.1, 0.15) is 11.8 Å². The average Bonchev–Trinajstić information content (AvgIpc) is 2.86. The molecule has 0 fully saturated rings. The number of ether oxygens (including phenoxy) is 1. The number of aromatic nitrogens is 1. The van der Waals surface area contributed by atoms with Crippen LogP contribution in [0, 0.1) is 11.3 Å². The van der Waals surface area contributed by atoms with Crippen molar-refractivity contribution in [2.24, 2.45) is 0 Å². The topological polar surface area (TPSA) is 66.1 Å². The summed E-state index contributed by atoms with van der Waals surface area (Å²) in [5.41, 5.74) is 2.99. The Balaban J connectivity index is 2.08. The number of rotatable bonds is 1. The lowest BCUT2D eigenvalue weighted by Crippen LogP contribution is -1.87. The molecule has 0 spiro atoms. The van der Waals surface area contributed by atoms with Crippen molar-refractivity contribution in [3.05, 3.63) is 41.6 Å². The molecule has 0 atom stereocenters. The van der Waals surface area contributed by atoms with Crippen molar-refractivity contribution in [1.82, 2.24) is 4.98 Å². The minimum absolute atomic E-state index is 0.0919. The molecule has 1 aromatic carbocycles. The van der Waals surface area contributed by atoms with E-state index in [1.807, 2.05) is 24.3 Å². The minimum Gasteiger partial charge on any atom is -0.505 e. The molecule has 0 amide bonds. The SMILES string of the molecule is N#Cc1cc(-c2ccc3c(c2)CCO3)ncc1O. The van der Waals surface area contributed by atoms with Crippen molar-refractivity contribution in [1.29, 1.82) is 5.26 Å². The number of benzene rings is 1. The maximum atomic E-state index is 9.43. The van der Waals surface area contributed by atoms with Gasteiger partial charge in [0.25, 0.3) is 0 Å². The largest absolute Gasteiger partial charge is 0.505 e. The molecule has 0 bridgehead atoms. The Kier molecular flexibility index (Phi) is 2.38. The van der Waals surface area contributed by atoms with E-state index in [2.05, 4.69) is 4.98 Å². The number of nitriles is 1. The van der Waals surface area contributed by atoms with E-state index in [1.165, 1.54) is 6.20 Å². The molecule has 1 N–H and O–H groups in total. The fourth-order valence-corrected chi connectivity index (χ4v) is 2.04. The molecule has 0 saturated carbocycles. The second-order valence-corrected chi connectivity index (χ2v) is 4.12. The van der Waals surface area contributed by atoms with Crippen LogP contribution >= 0.6 is 0 Å². The van der Waals surface area contributed by atoms with E-state index >= 15 is 0 Å². The normalized spacial score (nSPS) is 12.6. The third-order valence-corrected chi connectivity index (χ3v) is 2.99.